The van der Waals surface area contributed by atoms with Crippen LogP contribution in [0.1, 0.15) is 25.1 Å². The monoisotopic (exact) mass is 429 g/mol. The van der Waals surface area contributed by atoms with Crippen LogP contribution in [-0.4, -0.2) is 19.9 Å². The molecule has 2 aromatic heterocycles. The van der Waals surface area contributed by atoms with Crippen molar-refractivity contribution >= 4 is 34.2 Å². The van der Waals surface area contributed by atoms with E-state index in [0.29, 0.717) is 28.2 Å². The van der Waals surface area contributed by atoms with Crippen molar-refractivity contribution in [1.82, 2.24) is 15.0 Å². The van der Waals surface area contributed by atoms with E-state index in [4.69, 9.17) is 4.74 Å². The van der Waals surface area contributed by atoms with Crippen LogP contribution in [0.3, 0.4) is 0 Å². The van der Waals surface area contributed by atoms with Gasteiger partial charge in [0.25, 0.3) is 5.69 Å². The molecule has 0 bridgehead atoms. The van der Waals surface area contributed by atoms with Gasteiger partial charge in [0.2, 0.25) is 0 Å². The second-order valence-corrected chi connectivity index (χ2v) is 6.51. The maximum Gasteiger partial charge on any atom is 0.270 e. The van der Waals surface area contributed by atoms with Crippen LogP contribution in [0.25, 0.3) is 17.0 Å². The van der Waals surface area contributed by atoms with Crippen LogP contribution in [0.2, 0.25) is 0 Å². The highest BCUT2D eigenvalue weighted by Gasteiger charge is 2.11. The first-order valence-corrected chi connectivity index (χ1v) is 10.1. The Bertz CT molecular complexity index is 1260. The van der Waals surface area contributed by atoms with Crippen LogP contribution in [0.4, 0.5) is 17.2 Å². The van der Waals surface area contributed by atoms with Gasteiger partial charge in [0.05, 0.1) is 22.3 Å². The summed E-state index contributed by atoms with van der Waals surface area (Å²) in [5.41, 5.74) is 3.04. The van der Waals surface area contributed by atoms with Crippen LogP contribution < -0.4 is 10.1 Å². The molecule has 0 fully saturated rings. The molecule has 4 rings (SSSR count). The lowest BCUT2D eigenvalue weighted by atomic mass is 10.1. The quantitative estimate of drug-likeness (QED) is 0.277. The fourth-order valence-corrected chi connectivity index (χ4v) is 2.94. The number of aromatic nitrogens is 3. The highest BCUT2D eigenvalue weighted by Crippen LogP contribution is 2.30. The largest absolute Gasteiger partial charge is 0.455 e. The molecule has 0 aliphatic rings. The molecule has 2 aromatic carbocycles. The second kappa shape index (κ2) is 10.1. The number of hydrogen-bond donors (Lipinski definition) is 1. The summed E-state index contributed by atoms with van der Waals surface area (Å²) in [6, 6.07) is 13.7. The van der Waals surface area contributed by atoms with Gasteiger partial charge >= 0.3 is 0 Å². The van der Waals surface area contributed by atoms with Crippen molar-refractivity contribution < 1.29 is 9.66 Å². The first-order valence-electron chi connectivity index (χ1n) is 10.1. The Balaban J connectivity index is 0.00000141. The molecule has 0 saturated heterocycles. The number of fused-ring (bicyclic) bond motifs is 1. The fraction of sp³-hybridized carbons (Fsp3) is 0.125. The van der Waals surface area contributed by atoms with Gasteiger partial charge in [-0.2, -0.15) is 0 Å². The molecule has 0 atom stereocenters. The van der Waals surface area contributed by atoms with Crippen molar-refractivity contribution in [3.8, 4) is 11.5 Å². The van der Waals surface area contributed by atoms with E-state index in [2.05, 4.69) is 26.8 Å². The number of pyridine rings is 1. The van der Waals surface area contributed by atoms with E-state index in [-0.39, 0.29) is 5.69 Å². The summed E-state index contributed by atoms with van der Waals surface area (Å²) in [6.45, 7) is 9.61. The third kappa shape index (κ3) is 5.04. The van der Waals surface area contributed by atoms with Gasteiger partial charge in [-0.25, -0.2) is 9.97 Å². The van der Waals surface area contributed by atoms with Crippen molar-refractivity contribution in [1.29, 1.82) is 0 Å². The molecule has 0 aliphatic heterocycles. The molecule has 0 radical (unpaired) electrons. The first-order chi connectivity index (χ1) is 15.5. The molecule has 4 aromatic rings. The molecule has 0 aliphatic carbocycles. The molecule has 0 amide bonds. The van der Waals surface area contributed by atoms with E-state index in [1.54, 1.807) is 18.3 Å². The number of benzene rings is 2. The summed E-state index contributed by atoms with van der Waals surface area (Å²) in [7, 11) is 0. The second-order valence-electron chi connectivity index (χ2n) is 6.51. The van der Waals surface area contributed by atoms with E-state index in [9.17, 15) is 10.1 Å². The maximum absolute atomic E-state index is 11.1. The Morgan fingerprint density at radius 3 is 2.53 bits per heavy atom. The number of ether oxygens (including phenoxy) is 1. The summed E-state index contributed by atoms with van der Waals surface area (Å²) >= 11 is 0. The van der Waals surface area contributed by atoms with Crippen LogP contribution in [0, 0.1) is 17.0 Å². The Morgan fingerprint density at radius 1 is 1.06 bits per heavy atom. The average Bonchev–Trinajstić information content (AvgIpc) is 2.82. The van der Waals surface area contributed by atoms with E-state index in [0.717, 1.165) is 16.9 Å². The SMILES string of the molecule is C=Cc1ccc(Oc2ccc(Nc3ncnc4ccc([N+](=O)[O-])cc34)cc2C)cn1.CC. The summed E-state index contributed by atoms with van der Waals surface area (Å²) in [6.07, 6.45) is 4.73. The van der Waals surface area contributed by atoms with Gasteiger partial charge in [-0.3, -0.25) is 15.1 Å². The molecule has 1 N–H and O–H groups in total. The van der Waals surface area contributed by atoms with E-state index >= 15 is 0 Å². The average molecular weight is 429 g/mol. The zero-order valence-electron chi connectivity index (χ0n) is 18.1. The number of rotatable bonds is 6. The first kappa shape index (κ1) is 22.4. The highest BCUT2D eigenvalue weighted by molar-refractivity contribution is 5.92. The molecule has 32 heavy (non-hydrogen) atoms. The van der Waals surface area contributed by atoms with Gasteiger partial charge in [-0.1, -0.05) is 20.4 Å². The number of hydrogen-bond acceptors (Lipinski definition) is 7. The lowest BCUT2D eigenvalue weighted by Gasteiger charge is -2.12. The summed E-state index contributed by atoms with van der Waals surface area (Å²) in [5.74, 6) is 1.80. The minimum atomic E-state index is -0.442. The van der Waals surface area contributed by atoms with Gasteiger partial charge in [-0.15, -0.1) is 0 Å². The van der Waals surface area contributed by atoms with E-state index in [1.165, 1.54) is 18.5 Å². The number of nitrogens with zero attached hydrogens (tertiary/aromatic N) is 4. The number of nitro benzene ring substituents is 1. The van der Waals surface area contributed by atoms with Crippen molar-refractivity contribution in [3.63, 3.8) is 0 Å². The smallest absolute Gasteiger partial charge is 0.270 e. The maximum atomic E-state index is 11.1. The normalized spacial score (nSPS) is 10.1. The van der Waals surface area contributed by atoms with E-state index < -0.39 is 4.92 Å². The van der Waals surface area contributed by atoms with Crippen LogP contribution in [0.5, 0.6) is 11.5 Å². The zero-order valence-corrected chi connectivity index (χ0v) is 18.1. The number of anilines is 2. The molecule has 0 unspecified atom stereocenters. The van der Waals surface area contributed by atoms with Gasteiger partial charge < -0.3 is 10.1 Å². The van der Waals surface area contributed by atoms with E-state index in [1.807, 2.05) is 51.1 Å². The lowest BCUT2D eigenvalue weighted by Crippen LogP contribution is -1.98. The van der Waals surface area contributed by atoms with Crippen molar-refractivity contribution in [2.75, 3.05) is 5.32 Å². The van der Waals surface area contributed by atoms with Crippen LogP contribution in [0.15, 0.2) is 67.6 Å². The summed E-state index contributed by atoms with van der Waals surface area (Å²) in [5, 5.41) is 14.9. The Kier molecular flexibility index (Phi) is 7.07. The Hall–Kier alpha value is -4.33. The molecule has 0 spiro atoms. The van der Waals surface area contributed by atoms with Crippen molar-refractivity contribution in [2.24, 2.45) is 0 Å². The molecule has 2 heterocycles. The number of aryl methyl sites for hydroxylation is 1. The summed E-state index contributed by atoms with van der Waals surface area (Å²) in [4.78, 5) is 23.3. The van der Waals surface area contributed by atoms with Gasteiger partial charge in [0, 0.05) is 23.2 Å². The Morgan fingerprint density at radius 2 is 1.88 bits per heavy atom. The minimum absolute atomic E-state index is 0.0173. The minimum Gasteiger partial charge on any atom is -0.455 e. The fourth-order valence-electron chi connectivity index (χ4n) is 2.94. The molecular formula is C24H23N5O3. The predicted molar refractivity (Wildman–Crippen MR) is 126 cm³/mol. The molecule has 8 nitrogen and oxygen atoms in total. The highest BCUT2D eigenvalue weighted by atomic mass is 16.6. The molecular weight excluding hydrogens is 406 g/mol. The molecule has 0 saturated carbocycles. The van der Waals surface area contributed by atoms with Crippen LogP contribution >= 0.6 is 0 Å². The number of nitro groups is 1. The third-order valence-corrected chi connectivity index (χ3v) is 4.46. The number of non-ortho nitro benzene ring substituents is 1. The molecule has 162 valence electrons. The van der Waals surface area contributed by atoms with Gasteiger partial charge in [0.1, 0.15) is 23.6 Å². The van der Waals surface area contributed by atoms with Crippen LogP contribution in [-0.2, 0) is 0 Å². The predicted octanol–water partition coefficient (Wildman–Crippen LogP) is 6.45. The van der Waals surface area contributed by atoms with Gasteiger partial charge in [-0.05, 0) is 55.0 Å². The third-order valence-electron chi connectivity index (χ3n) is 4.46. The zero-order chi connectivity index (χ0) is 23.1. The molecule has 8 heteroatoms. The topological polar surface area (TPSA) is 103 Å². The Labute approximate surface area is 185 Å². The van der Waals surface area contributed by atoms with Crippen molar-refractivity contribution in [3.05, 3.63) is 89.0 Å². The summed E-state index contributed by atoms with van der Waals surface area (Å²) < 4.78 is 5.90. The lowest BCUT2D eigenvalue weighted by molar-refractivity contribution is -0.384. The standard InChI is InChI=1S/C22H17N5O3.C2H6/c1-3-15-4-7-18(12-23-15)30-21-9-5-16(10-14(21)2)26-22-19-11-17(27(28)29)6-8-20(19)24-13-25-22;1-2/h3-13H,1H2,2H3,(H,24,25,26);1-2H3. The number of nitrogens with one attached hydrogen (secondary N) is 1. The van der Waals surface area contributed by atoms with Crippen molar-refractivity contribution in [2.45, 2.75) is 20.8 Å². The van der Waals surface area contributed by atoms with Gasteiger partial charge in [0.15, 0.2) is 0 Å².